The molecule has 1 saturated heterocycles. The molecule has 0 aliphatic carbocycles. The molecule has 0 amide bonds. The maximum absolute atomic E-state index is 11.0. The molecule has 1 aromatic heterocycles. The third-order valence-electron chi connectivity index (χ3n) is 3.38. The average Bonchev–Trinajstić information content (AvgIpc) is 2.78. The van der Waals surface area contributed by atoms with Crippen molar-refractivity contribution in [3.05, 3.63) is 22.8 Å². The van der Waals surface area contributed by atoms with E-state index in [1.54, 1.807) is 6.07 Å². The maximum atomic E-state index is 11.0. The quantitative estimate of drug-likeness (QED) is 0.912. The Balaban J connectivity index is 2.15. The van der Waals surface area contributed by atoms with Gasteiger partial charge in [0, 0.05) is 19.3 Å². The van der Waals surface area contributed by atoms with E-state index in [2.05, 4.69) is 16.8 Å². The summed E-state index contributed by atoms with van der Waals surface area (Å²) in [6, 6.07) is 1.57. The van der Waals surface area contributed by atoms with Crippen LogP contribution in [0.25, 0.3) is 0 Å². The summed E-state index contributed by atoms with van der Waals surface area (Å²) in [5, 5.41) is 9.23. The Hall–Kier alpha value is -1.29. The standard InChI is InChI=1S/C13H17ClN2O2/c1-2-3-9-4-5-16(8-9)12-6-10(13(17)18)11(14)7-15-12/h6-7,9H,2-5,8H2,1H3,(H,17,18). The van der Waals surface area contributed by atoms with E-state index in [4.69, 9.17) is 16.7 Å². The minimum Gasteiger partial charge on any atom is -0.478 e. The Labute approximate surface area is 112 Å². The smallest absolute Gasteiger partial charge is 0.337 e. The molecule has 98 valence electrons. The molecule has 1 fully saturated rings. The largest absolute Gasteiger partial charge is 0.478 e. The molecule has 4 nitrogen and oxygen atoms in total. The first-order chi connectivity index (χ1) is 8.61. The summed E-state index contributed by atoms with van der Waals surface area (Å²) in [5.74, 6) is 0.407. The lowest BCUT2D eigenvalue weighted by molar-refractivity contribution is 0.0697. The lowest BCUT2D eigenvalue weighted by atomic mass is 10.0. The molecule has 18 heavy (non-hydrogen) atoms. The number of aromatic nitrogens is 1. The van der Waals surface area contributed by atoms with Crippen LogP contribution in [0.1, 0.15) is 36.5 Å². The number of rotatable bonds is 4. The van der Waals surface area contributed by atoms with E-state index in [-0.39, 0.29) is 10.6 Å². The lowest BCUT2D eigenvalue weighted by Gasteiger charge is -2.18. The summed E-state index contributed by atoms with van der Waals surface area (Å²) < 4.78 is 0. The number of hydrogen-bond acceptors (Lipinski definition) is 3. The minimum absolute atomic E-state index is 0.126. The van der Waals surface area contributed by atoms with Crippen LogP contribution in [0.3, 0.4) is 0 Å². The average molecular weight is 269 g/mol. The van der Waals surface area contributed by atoms with Gasteiger partial charge in [-0.25, -0.2) is 9.78 Å². The second-order valence-electron chi connectivity index (χ2n) is 4.72. The van der Waals surface area contributed by atoms with Gasteiger partial charge in [-0.1, -0.05) is 24.9 Å². The molecule has 1 N–H and O–H groups in total. The van der Waals surface area contributed by atoms with Crippen LogP contribution in [0, 0.1) is 5.92 Å². The van der Waals surface area contributed by atoms with Gasteiger partial charge in [0.25, 0.3) is 0 Å². The maximum Gasteiger partial charge on any atom is 0.337 e. The first-order valence-corrected chi connectivity index (χ1v) is 6.63. The molecule has 1 atom stereocenters. The van der Waals surface area contributed by atoms with Crippen molar-refractivity contribution in [1.82, 2.24) is 4.98 Å². The molecule has 0 radical (unpaired) electrons. The predicted octanol–water partition coefficient (Wildman–Crippen LogP) is 3.06. The van der Waals surface area contributed by atoms with E-state index in [1.807, 2.05) is 0 Å². The zero-order chi connectivity index (χ0) is 13.1. The van der Waals surface area contributed by atoms with Gasteiger partial charge in [0.2, 0.25) is 0 Å². The van der Waals surface area contributed by atoms with Crippen LogP contribution in [0.5, 0.6) is 0 Å². The molecule has 1 aliphatic rings. The molecule has 5 heteroatoms. The molecule has 1 aliphatic heterocycles. The van der Waals surface area contributed by atoms with E-state index in [0.29, 0.717) is 5.92 Å². The monoisotopic (exact) mass is 268 g/mol. The number of nitrogens with zero attached hydrogens (tertiary/aromatic N) is 2. The third kappa shape index (κ3) is 2.75. The number of aromatic carboxylic acids is 1. The molecule has 0 aromatic carbocycles. The van der Waals surface area contributed by atoms with Crippen LogP contribution >= 0.6 is 11.6 Å². The fraction of sp³-hybridized carbons (Fsp3) is 0.538. The Morgan fingerprint density at radius 3 is 3.11 bits per heavy atom. The van der Waals surface area contributed by atoms with Crippen LogP contribution in [0.4, 0.5) is 5.82 Å². The predicted molar refractivity (Wildman–Crippen MR) is 71.4 cm³/mol. The summed E-state index contributed by atoms with van der Waals surface area (Å²) in [5.41, 5.74) is 0.126. The number of anilines is 1. The van der Waals surface area contributed by atoms with E-state index in [0.717, 1.165) is 25.3 Å². The second kappa shape index (κ2) is 5.57. The van der Waals surface area contributed by atoms with Crippen molar-refractivity contribution in [3.63, 3.8) is 0 Å². The van der Waals surface area contributed by atoms with Crippen molar-refractivity contribution >= 4 is 23.4 Å². The Morgan fingerprint density at radius 1 is 1.67 bits per heavy atom. The topological polar surface area (TPSA) is 53.4 Å². The molecule has 0 saturated carbocycles. The summed E-state index contributed by atoms with van der Waals surface area (Å²) in [6.45, 7) is 4.09. The van der Waals surface area contributed by atoms with Crippen molar-refractivity contribution in [2.75, 3.05) is 18.0 Å². The van der Waals surface area contributed by atoms with Crippen molar-refractivity contribution in [3.8, 4) is 0 Å². The number of halogens is 1. The van der Waals surface area contributed by atoms with Gasteiger partial charge in [0.15, 0.2) is 0 Å². The van der Waals surface area contributed by atoms with Gasteiger partial charge < -0.3 is 10.0 Å². The zero-order valence-electron chi connectivity index (χ0n) is 10.4. The minimum atomic E-state index is -1.01. The number of carboxylic acids is 1. The molecule has 0 bridgehead atoms. The molecule has 0 spiro atoms. The highest BCUT2D eigenvalue weighted by Gasteiger charge is 2.23. The highest BCUT2D eigenvalue weighted by molar-refractivity contribution is 6.33. The Kier molecular flexibility index (Phi) is 4.07. The molecule has 1 aromatic rings. The molecular formula is C13H17ClN2O2. The normalized spacial score (nSPS) is 19.2. The van der Waals surface area contributed by atoms with Gasteiger partial charge >= 0.3 is 5.97 Å². The van der Waals surface area contributed by atoms with Crippen LogP contribution < -0.4 is 4.90 Å². The number of carbonyl (C=O) groups is 1. The van der Waals surface area contributed by atoms with E-state index in [1.165, 1.54) is 19.0 Å². The van der Waals surface area contributed by atoms with Crippen molar-refractivity contribution in [2.45, 2.75) is 26.2 Å². The Morgan fingerprint density at radius 2 is 2.44 bits per heavy atom. The van der Waals surface area contributed by atoms with Gasteiger partial charge in [0.05, 0.1) is 10.6 Å². The van der Waals surface area contributed by atoms with E-state index < -0.39 is 5.97 Å². The zero-order valence-corrected chi connectivity index (χ0v) is 11.2. The van der Waals surface area contributed by atoms with Crippen molar-refractivity contribution in [2.24, 2.45) is 5.92 Å². The van der Waals surface area contributed by atoms with Crippen LogP contribution in [0.2, 0.25) is 5.02 Å². The highest BCUT2D eigenvalue weighted by Crippen LogP contribution is 2.27. The van der Waals surface area contributed by atoms with Gasteiger partial charge in [-0.2, -0.15) is 0 Å². The molecule has 2 heterocycles. The second-order valence-corrected chi connectivity index (χ2v) is 5.12. The molecular weight excluding hydrogens is 252 g/mol. The van der Waals surface area contributed by atoms with Crippen molar-refractivity contribution in [1.29, 1.82) is 0 Å². The van der Waals surface area contributed by atoms with Gasteiger partial charge in [-0.15, -0.1) is 0 Å². The SMILES string of the molecule is CCCC1CCN(c2cc(C(=O)O)c(Cl)cn2)C1. The fourth-order valence-electron chi connectivity index (χ4n) is 2.45. The van der Waals surface area contributed by atoms with Gasteiger partial charge in [0.1, 0.15) is 5.82 Å². The fourth-order valence-corrected chi connectivity index (χ4v) is 2.63. The van der Waals surface area contributed by atoms with Crippen molar-refractivity contribution < 1.29 is 9.90 Å². The van der Waals surface area contributed by atoms with E-state index in [9.17, 15) is 4.79 Å². The first kappa shape index (κ1) is 13.1. The summed E-state index contributed by atoms with van der Waals surface area (Å²) in [6.07, 6.45) is 4.98. The number of pyridine rings is 1. The summed E-state index contributed by atoms with van der Waals surface area (Å²) in [4.78, 5) is 17.4. The van der Waals surface area contributed by atoms with Gasteiger partial charge in [-0.05, 0) is 24.8 Å². The first-order valence-electron chi connectivity index (χ1n) is 6.25. The summed E-state index contributed by atoms with van der Waals surface area (Å²) in [7, 11) is 0. The number of carboxylic acid groups (broad SMARTS) is 1. The molecule has 2 rings (SSSR count). The van der Waals surface area contributed by atoms with Crippen LogP contribution in [-0.4, -0.2) is 29.1 Å². The van der Waals surface area contributed by atoms with Gasteiger partial charge in [-0.3, -0.25) is 0 Å². The lowest BCUT2D eigenvalue weighted by Crippen LogP contribution is -2.21. The van der Waals surface area contributed by atoms with Crippen LogP contribution in [-0.2, 0) is 0 Å². The Bertz CT molecular complexity index is 451. The molecule has 1 unspecified atom stereocenters. The number of hydrogen-bond donors (Lipinski definition) is 1. The highest BCUT2D eigenvalue weighted by atomic mass is 35.5. The summed E-state index contributed by atoms with van der Waals surface area (Å²) >= 11 is 5.81. The van der Waals surface area contributed by atoms with Crippen LogP contribution in [0.15, 0.2) is 12.3 Å². The van der Waals surface area contributed by atoms with E-state index >= 15 is 0 Å². The third-order valence-corrected chi connectivity index (χ3v) is 3.68.